The Balaban J connectivity index is 1.36. The summed E-state index contributed by atoms with van der Waals surface area (Å²) in [5, 5.41) is 6.89. The first kappa shape index (κ1) is 15.8. The van der Waals surface area contributed by atoms with Crippen molar-refractivity contribution in [2.75, 3.05) is 0 Å². The van der Waals surface area contributed by atoms with Gasteiger partial charge in [-0.25, -0.2) is 9.97 Å². The normalized spacial score (nSPS) is 10.5. The van der Waals surface area contributed by atoms with Gasteiger partial charge >= 0.3 is 0 Å². The maximum Gasteiger partial charge on any atom is 0.166 e. The fourth-order valence-electron chi connectivity index (χ4n) is 2.41. The number of hydrogen-bond donors (Lipinski definition) is 1. The second kappa shape index (κ2) is 7.48. The molecule has 0 fully saturated rings. The molecular weight excluding hydrogens is 328 g/mol. The van der Waals surface area contributed by atoms with Crippen molar-refractivity contribution in [3.63, 3.8) is 0 Å². The summed E-state index contributed by atoms with van der Waals surface area (Å²) in [7, 11) is 0. The van der Waals surface area contributed by atoms with E-state index in [-0.39, 0.29) is 0 Å². The molecule has 0 atom stereocenters. The van der Waals surface area contributed by atoms with Gasteiger partial charge in [-0.1, -0.05) is 0 Å². The Morgan fingerprint density at radius 2 is 1.38 bits per heavy atom. The first-order valence-corrected chi connectivity index (χ1v) is 8.13. The van der Waals surface area contributed by atoms with Crippen molar-refractivity contribution in [3.8, 4) is 28.5 Å². The van der Waals surface area contributed by atoms with Gasteiger partial charge in [-0.3, -0.25) is 5.10 Å². The van der Waals surface area contributed by atoms with Crippen LogP contribution in [0.4, 0.5) is 0 Å². The number of hydrogen-bond acceptors (Lipinski definition) is 5. The molecule has 0 spiro atoms. The van der Waals surface area contributed by atoms with E-state index >= 15 is 0 Å². The van der Waals surface area contributed by atoms with Gasteiger partial charge < -0.3 is 9.47 Å². The molecule has 4 rings (SSSR count). The van der Waals surface area contributed by atoms with Gasteiger partial charge in [-0.2, -0.15) is 5.10 Å². The van der Waals surface area contributed by atoms with Gasteiger partial charge in [0.25, 0.3) is 0 Å². The van der Waals surface area contributed by atoms with Crippen LogP contribution in [-0.4, -0.2) is 20.2 Å². The minimum absolute atomic E-state index is 0.329. The molecule has 0 aliphatic carbocycles. The Hall–Kier alpha value is -3.67. The monoisotopic (exact) mass is 344 g/mol. The van der Waals surface area contributed by atoms with Crippen molar-refractivity contribution in [2.24, 2.45) is 0 Å². The molecule has 0 unspecified atom stereocenters. The number of nitrogens with one attached hydrogen (secondary N) is 1. The number of rotatable bonds is 6. The van der Waals surface area contributed by atoms with Crippen molar-refractivity contribution in [2.45, 2.75) is 6.61 Å². The summed E-state index contributed by atoms with van der Waals surface area (Å²) in [4.78, 5) is 8.25. The summed E-state index contributed by atoms with van der Waals surface area (Å²) >= 11 is 0. The third-order valence-corrected chi connectivity index (χ3v) is 3.71. The largest absolute Gasteiger partial charge is 0.486 e. The molecule has 26 heavy (non-hydrogen) atoms. The van der Waals surface area contributed by atoms with Crippen LogP contribution in [0.1, 0.15) is 5.82 Å². The molecule has 0 radical (unpaired) electrons. The highest BCUT2D eigenvalue weighted by Gasteiger charge is 2.02. The van der Waals surface area contributed by atoms with Gasteiger partial charge in [-0.05, 0) is 66.2 Å². The molecule has 0 bridgehead atoms. The zero-order valence-electron chi connectivity index (χ0n) is 13.9. The van der Waals surface area contributed by atoms with Crippen LogP contribution >= 0.6 is 0 Å². The van der Waals surface area contributed by atoms with E-state index in [1.807, 2.05) is 54.6 Å². The highest BCUT2D eigenvalue weighted by atomic mass is 16.5. The van der Waals surface area contributed by atoms with Gasteiger partial charge in [0.05, 0.1) is 5.69 Å². The van der Waals surface area contributed by atoms with Gasteiger partial charge in [0.15, 0.2) is 5.82 Å². The SMILES string of the molecule is c1cnc(COc2ccc(Oc3ccc(-c4ccn[nH]4)cc3)cc2)nc1. The summed E-state index contributed by atoms with van der Waals surface area (Å²) in [6.07, 6.45) is 5.12. The lowest BCUT2D eigenvalue weighted by molar-refractivity contribution is 0.295. The van der Waals surface area contributed by atoms with Crippen molar-refractivity contribution >= 4 is 0 Å². The maximum atomic E-state index is 5.86. The smallest absolute Gasteiger partial charge is 0.166 e. The van der Waals surface area contributed by atoms with Gasteiger partial charge in [-0.15, -0.1) is 0 Å². The summed E-state index contributed by atoms with van der Waals surface area (Å²) in [5.41, 5.74) is 2.03. The second-order valence-electron chi connectivity index (χ2n) is 5.52. The molecule has 0 saturated heterocycles. The summed E-state index contributed by atoms with van der Waals surface area (Å²) in [6.45, 7) is 0.329. The lowest BCUT2D eigenvalue weighted by Gasteiger charge is -2.08. The molecule has 128 valence electrons. The van der Waals surface area contributed by atoms with Crippen molar-refractivity contribution in [3.05, 3.63) is 85.1 Å². The molecule has 2 aromatic carbocycles. The Morgan fingerprint density at radius 1 is 0.731 bits per heavy atom. The predicted octanol–water partition coefficient (Wildman–Crippen LogP) is 4.24. The van der Waals surface area contributed by atoms with Crippen LogP contribution in [0.25, 0.3) is 11.3 Å². The van der Waals surface area contributed by atoms with Crippen LogP contribution in [0.2, 0.25) is 0 Å². The lowest BCUT2D eigenvalue weighted by atomic mass is 10.1. The van der Waals surface area contributed by atoms with Gasteiger partial charge in [0, 0.05) is 18.6 Å². The number of aromatic nitrogens is 4. The highest BCUT2D eigenvalue weighted by Crippen LogP contribution is 2.26. The molecule has 1 N–H and O–H groups in total. The molecule has 0 saturated carbocycles. The molecule has 0 aliphatic rings. The number of aromatic amines is 1. The summed E-state index contributed by atoms with van der Waals surface area (Å²) in [5.74, 6) is 2.88. The average molecular weight is 344 g/mol. The molecule has 0 aliphatic heterocycles. The van der Waals surface area contributed by atoms with E-state index in [9.17, 15) is 0 Å². The quantitative estimate of drug-likeness (QED) is 0.566. The Bertz CT molecular complexity index is 938. The number of H-pyrrole nitrogens is 1. The fraction of sp³-hybridized carbons (Fsp3) is 0.0500. The van der Waals surface area contributed by atoms with Crippen LogP contribution in [0, 0.1) is 0 Å². The maximum absolute atomic E-state index is 5.86. The first-order chi connectivity index (χ1) is 12.9. The van der Waals surface area contributed by atoms with Crippen molar-refractivity contribution < 1.29 is 9.47 Å². The third-order valence-electron chi connectivity index (χ3n) is 3.71. The molecule has 4 aromatic rings. The number of benzene rings is 2. The van der Waals surface area contributed by atoms with Crippen LogP contribution in [0.5, 0.6) is 17.2 Å². The van der Waals surface area contributed by atoms with Crippen LogP contribution < -0.4 is 9.47 Å². The minimum atomic E-state index is 0.329. The van der Waals surface area contributed by atoms with E-state index in [0.717, 1.165) is 28.5 Å². The van der Waals surface area contributed by atoms with Gasteiger partial charge in [0.1, 0.15) is 23.9 Å². The predicted molar refractivity (Wildman–Crippen MR) is 96.9 cm³/mol. The van der Waals surface area contributed by atoms with Crippen LogP contribution in [-0.2, 0) is 6.61 Å². The van der Waals surface area contributed by atoms with E-state index in [4.69, 9.17) is 9.47 Å². The highest BCUT2D eigenvalue weighted by molar-refractivity contribution is 5.59. The third kappa shape index (κ3) is 3.87. The minimum Gasteiger partial charge on any atom is -0.486 e. The van der Waals surface area contributed by atoms with Crippen LogP contribution in [0.15, 0.2) is 79.3 Å². The first-order valence-electron chi connectivity index (χ1n) is 8.13. The van der Waals surface area contributed by atoms with Crippen molar-refractivity contribution in [1.29, 1.82) is 0 Å². The summed E-state index contributed by atoms with van der Waals surface area (Å²) < 4.78 is 11.5. The van der Waals surface area contributed by atoms with Gasteiger partial charge in [0.2, 0.25) is 0 Å². The van der Waals surface area contributed by atoms with E-state index in [1.165, 1.54) is 0 Å². The Labute approximate surface area is 150 Å². The Kier molecular flexibility index (Phi) is 4.56. The van der Waals surface area contributed by atoms with E-state index in [2.05, 4.69) is 20.2 Å². The van der Waals surface area contributed by atoms with E-state index in [1.54, 1.807) is 24.7 Å². The van der Waals surface area contributed by atoms with Crippen molar-refractivity contribution in [1.82, 2.24) is 20.2 Å². The lowest BCUT2D eigenvalue weighted by Crippen LogP contribution is -2.00. The molecular formula is C20H16N4O2. The van der Waals surface area contributed by atoms with E-state index < -0.39 is 0 Å². The average Bonchev–Trinajstić information content (AvgIpc) is 3.24. The zero-order valence-corrected chi connectivity index (χ0v) is 13.9. The van der Waals surface area contributed by atoms with E-state index in [0.29, 0.717) is 12.4 Å². The molecule has 2 aromatic heterocycles. The number of nitrogens with zero attached hydrogens (tertiary/aromatic N) is 3. The van der Waals surface area contributed by atoms with Crippen LogP contribution in [0.3, 0.4) is 0 Å². The Morgan fingerprint density at radius 3 is 2.04 bits per heavy atom. The number of ether oxygens (including phenoxy) is 2. The standard InChI is InChI=1S/C20H16N4O2/c1-11-21-20(22-12-1)14-25-16-6-8-18(9-7-16)26-17-4-2-15(3-5-17)19-10-13-23-24-19/h1-13H,14H2,(H,23,24). The molecule has 2 heterocycles. The summed E-state index contributed by atoms with van der Waals surface area (Å²) in [6, 6.07) is 19.0. The molecule has 6 nitrogen and oxygen atoms in total. The molecule has 6 heteroatoms. The topological polar surface area (TPSA) is 72.9 Å². The zero-order chi connectivity index (χ0) is 17.6. The fourth-order valence-corrected chi connectivity index (χ4v) is 2.41. The second-order valence-corrected chi connectivity index (χ2v) is 5.52. The molecule has 0 amide bonds.